The molecular weight excluding hydrogens is 384 g/mol. The molecule has 3 aromatic rings. The zero-order valence-electron chi connectivity index (χ0n) is 17.1. The molecule has 0 saturated heterocycles. The number of halogens is 1. The van der Waals surface area contributed by atoms with E-state index >= 15 is 0 Å². The van der Waals surface area contributed by atoms with Gasteiger partial charge in [-0.1, -0.05) is 41.9 Å². The number of aryl methyl sites for hydroxylation is 2. The maximum Gasteiger partial charge on any atom is 0.131 e. The first-order valence-electron chi connectivity index (χ1n) is 10.1. The lowest BCUT2D eigenvalue weighted by molar-refractivity contribution is -0.0643. The van der Waals surface area contributed by atoms with Crippen LogP contribution in [0.2, 0.25) is 5.15 Å². The summed E-state index contributed by atoms with van der Waals surface area (Å²) in [6.45, 7) is 6.67. The van der Waals surface area contributed by atoms with E-state index < -0.39 is 11.7 Å². The highest BCUT2D eigenvalue weighted by atomic mass is 35.5. The largest absolute Gasteiger partial charge is 0.485 e. The molecule has 2 aromatic carbocycles. The average Bonchev–Trinajstić information content (AvgIpc) is 2.68. The zero-order valence-corrected chi connectivity index (χ0v) is 17.8. The van der Waals surface area contributed by atoms with Crippen LogP contribution in [0.15, 0.2) is 48.5 Å². The molecule has 1 aliphatic rings. The minimum atomic E-state index is -0.689. The molecule has 2 atom stereocenters. The van der Waals surface area contributed by atoms with Crippen LogP contribution in [-0.4, -0.2) is 28.3 Å². The van der Waals surface area contributed by atoms with Gasteiger partial charge >= 0.3 is 0 Å². The molecule has 4 rings (SSSR count). The van der Waals surface area contributed by atoms with Crippen molar-refractivity contribution in [1.82, 2.24) is 10.3 Å². The van der Waals surface area contributed by atoms with Crippen LogP contribution in [0, 0.1) is 6.92 Å². The molecule has 1 aromatic heterocycles. The van der Waals surface area contributed by atoms with Gasteiger partial charge in [0.15, 0.2) is 0 Å². The molecule has 0 spiro atoms. The van der Waals surface area contributed by atoms with Crippen molar-refractivity contribution in [3.8, 4) is 5.75 Å². The van der Waals surface area contributed by atoms with Crippen LogP contribution in [0.25, 0.3) is 10.9 Å². The van der Waals surface area contributed by atoms with Gasteiger partial charge < -0.3 is 15.2 Å². The first-order chi connectivity index (χ1) is 13.8. The highest BCUT2D eigenvalue weighted by Crippen LogP contribution is 2.42. The fourth-order valence-corrected chi connectivity index (χ4v) is 4.31. The van der Waals surface area contributed by atoms with Gasteiger partial charge in [-0.2, -0.15) is 0 Å². The first kappa shape index (κ1) is 20.1. The van der Waals surface area contributed by atoms with Crippen molar-refractivity contribution in [3.63, 3.8) is 0 Å². The van der Waals surface area contributed by atoms with E-state index in [1.165, 1.54) is 5.56 Å². The molecule has 0 amide bonds. The molecule has 5 heteroatoms. The third-order valence-corrected chi connectivity index (χ3v) is 5.89. The summed E-state index contributed by atoms with van der Waals surface area (Å²) in [4.78, 5) is 4.48. The van der Waals surface area contributed by atoms with Gasteiger partial charge in [-0.3, -0.25) is 0 Å². The number of aromatic nitrogens is 1. The van der Waals surface area contributed by atoms with Crippen LogP contribution < -0.4 is 10.1 Å². The zero-order chi connectivity index (χ0) is 20.6. The smallest absolute Gasteiger partial charge is 0.131 e. The van der Waals surface area contributed by atoms with Gasteiger partial charge in [0, 0.05) is 10.9 Å². The van der Waals surface area contributed by atoms with Crippen molar-refractivity contribution in [2.24, 2.45) is 0 Å². The van der Waals surface area contributed by atoms with Gasteiger partial charge in [-0.05, 0) is 69.5 Å². The summed E-state index contributed by atoms with van der Waals surface area (Å²) in [5, 5.41) is 16.1. The lowest BCUT2D eigenvalue weighted by Gasteiger charge is -2.42. The van der Waals surface area contributed by atoms with E-state index in [-0.39, 0.29) is 6.04 Å². The predicted octanol–water partition coefficient (Wildman–Crippen LogP) is 4.99. The molecule has 0 unspecified atom stereocenters. The van der Waals surface area contributed by atoms with E-state index in [1.54, 1.807) is 0 Å². The molecule has 29 heavy (non-hydrogen) atoms. The maximum atomic E-state index is 11.0. The van der Waals surface area contributed by atoms with Crippen LogP contribution in [0.5, 0.6) is 5.75 Å². The van der Waals surface area contributed by atoms with Crippen LogP contribution in [0.3, 0.4) is 0 Å². The van der Waals surface area contributed by atoms with Crippen molar-refractivity contribution in [3.05, 3.63) is 70.4 Å². The van der Waals surface area contributed by atoms with Crippen LogP contribution >= 0.6 is 11.6 Å². The van der Waals surface area contributed by atoms with Crippen molar-refractivity contribution in [2.75, 3.05) is 6.54 Å². The number of fused-ring (bicyclic) bond motifs is 2. The minimum absolute atomic E-state index is 0.227. The van der Waals surface area contributed by atoms with E-state index in [2.05, 4.69) is 34.6 Å². The normalized spacial score (nSPS) is 20.3. The van der Waals surface area contributed by atoms with Gasteiger partial charge in [-0.15, -0.1) is 0 Å². The van der Waals surface area contributed by atoms with Gasteiger partial charge in [-0.25, -0.2) is 4.98 Å². The number of nitrogens with one attached hydrogen (secondary N) is 1. The lowest BCUT2D eigenvalue weighted by Crippen LogP contribution is -2.52. The van der Waals surface area contributed by atoms with E-state index in [0.717, 1.165) is 47.2 Å². The summed E-state index contributed by atoms with van der Waals surface area (Å²) >= 11 is 6.17. The highest BCUT2D eigenvalue weighted by molar-refractivity contribution is 6.29. The number of aliphatic hydroxyl groups excluding tert-OH is 1. The number of benzene rings is 2. The third kappa shape index (κ3) is 4.11. The van der Waals surface area contributed by atoms with Crippen molar-refractivity contribution in [1.29, 1.82) is 0 Å². The molecule has 2 heterocycles. The number of rotatable bonds is 5. The summed E-state index contributed by atoms with van der Waals surface area (Å²) in [5.74, 6) is 0.792. The molecule has 152 valence electrons. The standard InChI is InChI=1S/C24H27ClN2O2/c1-15-12-21(25)27-19-13-18-20(14-17(15)19)29-24(2,3)23(28)22(18)26-11-7-10-16-8-5-4-6-9-16/h4-6,8-9,12-14,22-23,26,28H,7,10-11H2,1-3H3/t22-,23+/m0/s1. The van der Waals surface area contributed by atoms with Crippen LogP contribution in [-0.2, 0) is 6.42 Å². The van der Waals surface area contributed by atoms with Gasteiger partial charge in [0.25, 0.3) is 0 Å². The molecular formula is C24H27ClN2O2. The molecule has 4 nitrogen and oxygen atoms in total. The Kier molecular flexibility index (Phi) is 5.52. The molecule has 0 bridgehead atoms. The lowest BCUT2D eigenvalue weighted by atomic mass is 9.85. The number of nitrogens with zero attached hydrogens (tertiary/aromatic N) is 1. The van der Waals surface area contributed by atoms with Crippen molar-refractivity contribution >= 4 is 22.5 Å². The number of hydrogen-bond acceptors (Lipinski definition) is 4. The number of aliphatic hydroxyl groups is 1. The van der Waals surface area contributed by atoms with E-state index in [1.807, 2.05) is 45.0 Å². The summed E-state index contributed by atoms with van der Waals surface area (Å²) < 4.78 is 6.18. The Labute approximate surface area is 176 Å². The van der Waals surface area contributed by atoms with Gasteiger partial charge in [0.1, 0.15) is 22.6 Å². The Bertz CT molecular complexity index is 1020. The SMILES string of the molecule is Cc1cc(Cl)nc2cc3c(cc12)OC(C)(C)[C@H](O)[C@H]3NCCCc1ccccc1. The number of ether oxygens (including phenoxy) is 1. The van der Waals surface area contributed by atoms with Crippen molar-refractivity contribution in [2.45, 2.75) is 51.4 Å². The molecule has 0 fully saturated rings. The summed E-state index contributed by atoms with van der Waals surface area (Å²) in [5.41, 5.74) is 3.44. The average molecular weight is 411 g/mol. The highest BCUT2D eigenvalue weighted by Gasteiger charge is 2.42. The van der Waals surface area contributed by atoms with Gasteiger partial charge in [0.2, 0.25) is 0 Å². The Morgan fingerprint density at radius 3 is 2.69 bits per heavy atom. The summed E-state index contributed by atoms with van der Waals surface area (Å²) in [6.07, 6.45) is 1.31. The number of hydrogen-bond donors (Lipinski definition) is 2. The van der Waals surface area contributed by atoms with Crippen molar-refractivity contribution < 1.29 is 9.84 Å². The topological polar surface area (TPSA) is 54.4 Å². The van der Waals surface area contributed by atoms with Gasteiger partial charge in [0.05, 0.1) is 11.6 Å². The molecule has 0 radical (unpaired) electrons. The molecule has 0 aliphatic carbocycles. The van der Waals surface area contributed by atoms with Crippen LogP contribution in [0.4, 0.5) is 0 Å². The monoisotopic (exact) mass is 410 g/mol. The summed E-state index contributed by atoms with van der Waals surface area (Å²) in [6, 6.07) is 16.1. The number of pyridine rings is 1. The molecule has 2 N–H and O–H groups in total. The predicted molar refractivity (Wildman–Crippen MR) is 118 cm³/mol. The Morgan fingerprint density at radius 1 is 1.17 bits per heavy atom. The Morgan fingerprint density at radius 2 is 1.93 bits per heavy atom. The summed E-state index contributed by atoms with van der Waals surface area (Å²) in [7, 11) is 0. The van der Waals surface area contributed by atoms with E-state index in [0.29, 0.717) is 5.15 Å². The minimum Gasteiger partial charge on any atom is -0.485 e. The molecule has 1 aliphatic heterocycles. The van der Waals surface area contributed by atoms with Crippen LogP contribution in [0.1, 0.15) is 43.0 Å². The quantitative estimate of drug-likeness (QED) is 0.459. The van der Waals surface area contributed by atoms with E-state index in [9.17, 15) is 5.11 Å². The third-order valence-electron chi connectivity index (χ3n) is 5.70. The Balaban J connectivity index is 1.60. The Hall–Kier alpha value is -2.14. The fourth-order valence-electron chi connectivity index (χ4n) is 4.06. The second-order valence-corrected chi connectivity index (χ2v) is 8.73. The van der Waals surface area contributed by atoms with E-state index in [4.69, 9.17) is 16.3 Å². The first-order valence-corrected chi connectivity index (χ1v) is 10.5. The second-order valence-electron chi connectivity index (χ2n) is 8.34. The molecule has 0 saturated carbocycles. The maximum absolute atomic E-state index is 11.0. The second kappa shape index (κ2) is 7.94. The fraction of sp³-hybridized carbons (Fsp3) is 0.375.